The summed E-state index contributed by atoms with van der Waals surface area (Å²) in [4.78, 5) is 0. The maximum absolute atomic E-state index is 13.2. The minimum Gasteiger partial charge on any atom is -0.389 e. The van der Waals surface area contributed by atoms with Crippen molar-refractivity contribution in [3.63, 3.8) is 0 Å². The lowest BCUT2D eigenvalue weighted by Crippen LogP contribution is -2.45. The number of methoxy groups -OCH3 is 1. The average Bonchev–Trinajstić information content (AvgIpc) is 2.61. The first-order valence-corrected chi connectivity index (χ1v) is 6.75. The fourth-order valence-corrected chi connectivity index (χ4v) is 5.82. The third-order valence-corrected chi connectivity index (χ3v) is 6.50. The van der Waals surface area contributed by atoms with Gasteiger partial charge in [-0.15, -0.1) is 0 Å². The van der Waals surface area contributed by atoms with E-state index in [1.807, 2.05) is 12.2 Å². The van der Waals surface area contributed by atoms with Crippen LogP contribution in [-0.4, -0.2) is 29.6 Å². The van der Waals surface area contributed by atoms with Crippen molar-refractivity contribution in [1.29, 1.82) is 0 Å². The zero-order chi connectivity index (χ0) is 13.8. The molecule has 0 amide bonds. The van der Waals surface area contributed by atoms with Gasteiger partial charge >= 0.3 is 6.18 Å². The largest absolute Gasteiger partial charge is 0.394 e. The van der Waals surface area contributed by atoms with E-state index in [1.54, 1.807) is 7.11 Å². The molecular formula is C14H17F3O2. The zero-order valence-electron chi connectivity index (χ0n) is 10.9. The molecule has 4 aliphatic rings. The van der Waals surface area contributed by atoms with Crippen LogP contribution in [0.25, 0.3) is 0 Å². The Morgan fingerprint density at radius 1 is 1.37 bits per heavy atom. The van der Waals surface area contributed by atoms with Gasteiger partial charge in [-0.25, -0.2) is 0 Å². The third kappa shape index (κ3) is 1.00. The van der Waals surface area contributed by atoms with Crippen molar-refractivity contribution in [2.75, 3.05) is 7.11 Å². The van der Waals surface area contributed by atoms with Crippen LogP contribution in [0.2, 0.25) is 0 Å². The Hall–Kier alpha value is -0.550. The van der Waals surface area contributed by atoms with E-state index in [2.05, 4.69) is 0 Å². The van der Waals surface area contributed by atoms with E-state index < -0.39 is 28.7 Å². The highest BCUT2D eigenvalue weighted by Gasteiger charge is 2.87. The van der Waals surface area contributed by atoms with Gasteiger partial charge in [0.2, 0.25) is 0 Å². The SMILES string of the molecule is CO[C@@]12C3C=CC14C[C@@H](C(F)(F)F)[C@@](C)(O)C4CC32. The standard InChI is InChI=1S/C14H17F3O2/c1-11(18)9-5-8-7-3-4-12(9,13(7,8)19-2)6-10(11)14(15,16)17/h3-4,7-10,18H,5-6H2,1-2H3/t7?,8?,9?,10-,11+,12?,13-/m1/s1. The van der Waals surface area contributed by atoms with Gasteiger partial charge in [-0.3, -0.25) is 0 Å². The number of hydrogen-bond donors (Lipinski definition) is 1. The quantitative estimate of drug-likeness (QED) is 0.745. The molecule has 4 unspecified atom stereocenters. The molecule has 4 rings (SSSR count). The van der Waals surface area contributed by atoms with Crippen LogP contribution in [0.4, 0.5) is 13.2 Å². The second-order valence-corrected chi connectivity index (χ2v) is 6.84. The van der Waals surface area contributed by atoms with Crippen molar-refractivity contribution < 1.29 is 23.0 Å². The summed E-state index contributed by atoms with van der Waals surface area (Å²) in [7, 11) is 1.60. The molecule has 4 aliphatic carbocycles. The maximum atomic E-state index is 13.2. The molecule has 3 saturated carbocycles. The molecule has 0 saturated heterocycles. The van der Waals surface area contributed by atoms with E-state index in [0.29, 0.717) is 12.3 Å². The van der Waals surface area contributed by atoms with Crippen LogP contribution in [0, 0.1) is 29.1 Å². The molecule has 0 aromatic carbocycles. The van der Waals surface area contributed by atoms with Crippen LogP contribution >= 0.6 is 0 Å². The van der Waals surface area contributed by atoms with Gasteiger partial charge in [0, 0.05) is 24.4 Å². The molecule has 0 heterocycles. The first-order chi connectivity index (χ1) is 8.72. The summed E-state index contributed by atoms with van der Waals surface area (Å²) in [5.41, 5.74) is -2.75. The van der Waals surface area contributed by atoms with Gasteiger partial charge in [0.15, 0.2) is 0 Å². The van der Waals surface area contributed by atoms with Crippen LogP contribution in [0.15, 0.2) is 12.2 Å². The van der Waals surface area contributed by atoms with E-state index in [0.717, 1.165) is 0 Å². The Kier molecular flexibility index (Phi) is 1.85. The van der Waals surface area contributed by atoms with Crippen molar-refractivity contribution in [2.24, 2.45) is 29.1 Å². The van der Waals surface area contributed by atoms with Gasteiger partial charge in [-0.2, -0.15) is 13.2 Å². The van der Waals surface area contributed by atoms with E-state index in [9.17, 15) is 18.3 Å². The molecule has 7 atom stereocenters. The monoisotopic (exact) mass is 274 g/mol. The van der Waals surface area contributed by atoms with Crippen molar-refractivity contribution in [3.05, 3.63) is 12.2 Å². The van der Waals surface area contributed by atoms with Crippen LogP contribution in [-0.2, 0) is 4.74 Å². The summed E-state index contributed by atoms with van der Waals surface area (Å²) in [5.74, 6) is -1.43. The molecule has 3 fully saturated rings. The maximum Gasteiger partial charge on any atom is 0.394 e. The third-order valence-electron chi connectivity index (χ3n) is 6.50. The number of rotatable bonds is 1. The molecule has 0 bridgehead atoms. The first kappa shape index (κ1) is 12.2. The van der Waals surface area contributed by atoms with E-state index in [4.69, 9.17) is 4.74 Å². The summed E-state index contributed by atoms with van der Waals surface area (Å²) in [6.07, 6.45) is 0.184. The Bertz CT molecular complexity index is 484. The Morgan fingerprint density at radius 3 is 2.63 bits per heavy atom. The smallest absolute Gasteiger partial charge is 0.389 e. The van der Waals surface area contributed by atoms with Gasteiger partial charge in [-0.1, -0.05) is 12.2 Å². The first-order valence-electron chi connectivity index (χ1n) is 6.75. The Labute approximate surface area is 109 Å². The molecule has 19 heavy (non-hydrogen) atoms. The van der Waals surface area contributed by atoms with Gasteiger partial charge in [0.25, 0.3) is 0 Å². The normalized spacial score (nSPS) is 61.4. The molecule has 0 aromatic rings. The highest BCUT2D eigenvalue weighted by molar-refractivity contribution is 5.46. The predicted octanol–water partition coefficient (Wildman–Crippen LogP) is 2.53. The Morgan fingerprint density at radius 2 is 2.05 bits per heavy atom. The average molecular weight is 274 g/mol. The molecule has 0 aliphatic heterocycles. The summed E-state index contributed by atoms with van der Waals surface area (Å²) >= 11 is 0. The van der Waals surface area contributed by atoms with Crippen molar-refractivity contribution in [3.8, 4) is 0 Å². The molecule has 5 heteroatoms. The van der Waals surface area contributed by atoms with Crippen LogP contribution in [0.5, 0.6) is 0 Å². The highest BCUT2D eigenvalue weighted by atomic mass is 19.4. The van der Waals surface area contributed by atoms with Crippen LogP contribution in [0.1, 0.15) is 19.8 Å². The minimum atomic E-state index is -4.35. The molecule has 0 radical (unpaired) electrons. The van der Waals surface area contributed by atoms with Crippen molar-refractivity contribution >= 4 is 0 Å². The fourth-order valence-electron chi connectivity index (χ4n) is 5.82. The lowest BCUT2D eigenvalue weighted by atomic mass is 9.73. The van der Waals surface area contributed by atoms with E-state index >= 15 is 0 Å². The second-order valence-electron chi connectivity index (χ2n) is 6.84. The highest BCUT2D eigenvalue weighted by Crippen LogP contribution is 2.83. The lowest BCUT2D eigenvalue weighted by Gasteiger charge is -2.37. The summed E-state index contributed by atoms with van der Waals surface area (Å²) < 4.78 is 45.4. The molecule has 2 nitrogen and oxygen atoms in total. The number of aliphatic hydroxyl groups is 1. The second kappa shape index (κ2) is 2.89. The molecule has 1 N–H and O–H groups in total. The summed E-state index contributed by atoms with van der Waals surface area (Å²) in [6, 6.07) is 0. The predicted molar refractivity (Wildman–Crippen MR) is 61.2 cm³/mol. The number of hydrogen-bond acceptors (Lipinski definition) is 2. The van der Waals surface area contributed by atoms with Gasteiger partial charge in [-0.05, 0) is 25.7 Å². The molecule has 0 aromatic heterocycles. The number of ether oxygens (including phenoxy) is 1. The van der Waals surface area contributed by atoms with Gasteiger partial charge < -0.3 is 9.84 Å². The molecule has 1 spiro atoms. The van der Waals surface area contributed by atoms with Crippen LogP contribution < -0.4 is 0 Å². The fraction of sp³-hybridized carbons (Fsp3) is 0.857. The Balaban J connectivity index is 1.83. The lowest BCUT2D eigenvalue weighted by molar-refractivity contribution is -0.219. The zero-order valence-corrected chi connectivity index (χ0v) is 10.9. The van der Waals surface area contributed by atoms with Gasteiger partial charge in [0.1, 0.15) is 0 Å². The number of alkyl halides is 3. The molecule has 106 valence electrons. The summed E-state index contributed by atoms with van der Waals surface area (Å²) in [6.45, 7) is 1.36. The van der Waals surface area contributed by atoms with Crippen molar-refractivity contribution in [2.45, 2.75) is 37.1 Å². The summed E-state index contributed by atoms with van der Waals surface area (Å²) in [5, 5.41) is 10.5. The van der Waals surface area contributed by atoms with Crippen LogP contribution in [0.3, 0.4) is 0 Å². The van der Waals surface area contributed by atoms with Gasteiger partial charge in [0.05, 0.1) is 17.1 Å². The van der Waals surface area contributed by atoms with E-state index in [1.165, 1.54) is 6.92 Å². The number of halogens is 3. The molecular weight excluding hydrogens is 257 g/mol. The van der Waals surface area contributed by atoms with E-state index in [-0.39, 0.29) is 18.3 Å². The topological polar surface area (TPSA) is 29.5 Å². The minimum absolute atomic E-state index is 0.0362. The number of fused-ring (bicyclic) bond motifs is 1. The van der Waals surface area contributed by atoms with Crippen molar-refractivity contribution in [1.82, 2.24) is 0 Å².